The molecule has 0 rings (SSSR count). The van der Waals surface area contributed by atoms with Gasteiger partial charge in [-0.2, -0.15) is 25.3 Å². The van der Waals surface area contributed by atoms with Crippen LogP contribution in [0.4, 0.5) is 0 Å². The van der Waals surface area contributed by atoms with Crippen molar-refractivity contribution in [3.05, 3.63) is 0 Å². The number of hydrogen-bond acceptors (Lipinski definition) is 6. The lowest BCUT2D eigenvalue weighted by Crippen LogP contribution is -2.31. The van der Waals surface area contributed by atoms with Gasteiger partial charge < -0.3 is 9.47 Å². The number of esters is 2. The maximum atomic E-state index is 11.4. The summed E-state index contributed by atoms with van der Waals surface area (Å²) in [4.78, 5) is 22.8. The zero-order chi connectivity index (χ0) is 14.3. The molecule has 0 spiro atoms. The van der Waals surface area contributed by atoms with E-state index in [1.165, 1.54) is 0 Å². The summed E-state index contributed by atoms with van der Waals surface area (Å²) >= 11 is 8.22. The summed E-state index contributed by atoms with van der Waals surface area (Å²) in [5.41, 5.74) is 0. The Balaban J connectivity index is 4.06. The molecule has 0 heterocycles. The predicted octanol–water partition coefficient (Wildman–Crippen LogP) is 2.27. The maximum Gasteiger partial charge on any atom is 0.307 e. The quantitative estimate of drug-likeness (QED) is 0.559. The maximum absolute atomic E-state index is 11.4. The molecule has 0 saturated carbocycles. The molecule has 0 amide bonds. The van der Waals surface area contributed by atoms with E-state index in [0.717, 1.165) is 0 Å². The van der Waals surface area contributed by atoms with Crippen molar-refractivity contribution < 1.29 is 19.1 Å². The minimum Gasteiger partial charge on any atom is -0.459 e. The van der Waals surface area contributed by atoms with Crippen LogP contribution >= 0.6 is 25.3 Å². The predicted molar refractivity (Wildman–Crippen MR) is 77.2 cm³/mol. The summed E-state index contributed by atoms with van der Waals surface area (Å²) in [6, 6.07) is 0. The topological polar surface area (TPSA) is 52.6 Å². The molecule has 0 aromatic heterocycles. The summed E-state index contributed by atoms with van der Waals surface area (Å²) in [5, 5.41) is -0.0971. The first-order valence-electron chi connectivity index (χ1n) is 5.97. The van der Waals surface area contributed by atoms with E-state index in [9.17, 15) is 9.59 Å². The van der Waals surface area contributed by atoms with E-state index in [4.69, 9.17) is 9.47 Å². The highest BCUT2D eigenvalue weighted by atomic mass is 32.1. The second-order valence-corrected chi connectivity index (χ2v) is 6.26. The Kier molecular flexibility index (Phi) is 8.52. The number of ether oxygens (including phenoxy) is 2. The molecule has 0 aliphatic rings. The summed E-state index contributed by atoms with van der Waals surface area (Å²) < 4.78 is 10.3. The fraction of sp³-hybridized carbons (Fsp3) is 0.833. The lowest BCUT2D eigenvalue weighted by molar-refractivity contribution is -0.165. The van der Waals surface area contributed by atoms with E-state index in [1.807, 2.05) is 13.8 Å². The molecule has 0 aliphatic carbocycles. The van der Waals surface area contributed by atoms with Crippen molar-refractivity contribution >= 4 is 37.2 Å². The lowest BCUT2D eigenvalue weighted by atomic mass is 10.2. The fourth-order valence-corrected chi connectivity index (χ4v) is 1.48. The van der Waals surface area contributed by atoms with Gasteiger partial charge in [0, 0.05) is 10.5 Å². The number of thiol groups is 2. The van der Waals surface area contributed by atoms with Crippen molar-refractivity contribution in [3.63, 3.8) is 0 Å². The second-order valence-electron chi connectivity index (χ2n) is 4.50. The van der Waals surface area contributed by atoms with Crippen molar-refractivity contribution in [3.8, 4) is 0 Å². The number of carbonyl (C=O) groups excluding carboxylic acids is 2. The van der Waals surface area contributed by atoms with Gasteiger partial charge in [0.05, 0.1) is 12.8 Å². The molecule has 106 valence electrons. The lowest BCUT2D eigenvalue weighted by Gasteiger charge is -2.21. The molecule has 0 fully saturated rings. The molecule has 0 aromatic carbocycles. The molecule has 18 heavy (non-hydrogen) atoms. The van der Waals surface area contributed by atoms with Crippen LogP contribution in [0.1, 0.15) is 40.5 Å². The van der Waals surface area contributed by atoms with Gasteiger partial charge in [-0.3, -0.25) is 9.59 Å². The van der Waals surface area contributed by atoms with Gasteiger partial charge in [-0.1, -0.05) is 13.8 Å². The van der Waals surface area contributed by atoms with Crippen LogP contribution < -0.4 is 0 Å². The highest BCUT2D eigenvalue weighted by Crippen LogP contribution is 2.10. The van der Waals surface area contributed by atoms with Gasteiger partial charge >= 0.3 is 11.9 Å². The van der Waals surface area contributed by atoms with Crippen LogP contribution in [-0.2, 0) is 19.1 Å². The number of carbonyl (C=O) groups is 2. The standard InChI is InChI=1S/C12H22O4S2/c1-7(17)5-11(13)15-9(3)10(4)16-12(14)6-8(2)18/h7-10,17-18H,5-6H2,1-4H3. The van der Waals surface area contributed by atoms with Crippen LogP contribution in [-0.4, -0.2) is 34.6 Å². The molecule has 0 N–H and O–H groups in total. The molecule has 0 bridgehead atoms. The van der Waals surface area contributed by atoms with Crippen LogP contribution in [0.25, 0.3) is 0 Å². The van der Waals surface area contributed by atoms with Crippen LogP contribution in [0.15, 0.2) is 0 Å². The van der Waals surface area contributed by atoms with Gasteiger partial charge in [-0.15, -0.1) is 0 Å². The van der Waals surface area contributed by atoms with Crippen molar-refractivity contribution in [1.82, 2.24) is 0 Å². The molecule has 0 saturated heterocycles. The third-order valence-electron chi connectivity index (χ3n) is 2.22. The zero-order valence-electron chi connectivity index (χ0n) is 11.3. The van der Waals surface area contributed by atoms with Gasteiger partial charge in [0.15, 0.2) is 0 Å². The Morgan fingerprint density at radius 1 is 0.833 bits per heavy atom. The van der Waals surface area contributed by atoms with Crippen LogP contribution in [0.2, 0.25) is 0 Å². The second kappa shape index (κ2) is 8.69. The Morgan fingerprint density at radius 2 is 1.11 bits per heavy atom. The Hall–Kier alpha value is -0.360. The van der Waals surface area contributed by atoms with E-state index in [0.29, 0.717) is 0 Å². The number of hydrogen-bond donors (Lipinski definition) is 2. The van der Waals surface area contributed by atoms with E-state index in [2.05, 4.69) is 25.3 Å². The Labute approximate surface area is 120 Å². The van der Waals surface area contributed by atoms with Crippen molar-refractivity contribution in [2.45, 2.75) is 63.2 Å². The normalized spacial score (nSPS) is 17.4. The molecule has 0 radical (unpaired) electrons. The van der Waals surface area contributed by atoms with Crippen LogP contribution in [0, 0.1) is 0 Å². The van der Waals surface area contributed by atoms with Crippen molar-refractivity contribution in [2.24, 2.45) is 0 Å². The van der Waals surface area contributed by atoms with E-state index < -0.39 is 12.2 Å². The smallest absolute Gasteiger partial charge is 0.307 e. The monoisotopic (exact) mass is 294 g/mol. The summed E-state index contributed by atoms with van der Waals surface area (Å²) in [6.45, 7) is 7.02. The first-order valence-corrected chi connectivity index (χ1v) is 7.00. The van der Waals surface area contributed by atoms with E-state index in [-0.39, 0.29) is 35.3 Å². The van der Waals surface area contributed by atoms with Gasteiger partial charge in [-0.25, -0.2) is 0 Å². The first kappa shape index (κ1) is 17.6. The largest absolute Gasteiger partial charge is 0.459 e. The zero-order valence-corrected chi connectivity index (χ0v) is 13.0. The van der Waals surface area contributed by atoms with Crippen LogP contribution in [0.5, 0.6) is 0 Å². The van der Waals surface area contributed by atoms with E-state index >= 15 is 0 Å². The van der Waals surface area contributed by atoms with E-state index in [1.54, 1.807) is 13.8 Å². The summed E-state index contributed by atoms with van der Waals surface area (Å²) in [6.07, 6.45) is -0.462. The molecule has 4 nitrogen and oxygen atoms in total. The average Bonchev–Trinajstić information content (AvgIpc) is 2.13. The van der Waals surface area contributed by atoms with Gasteiger partial charge in [0.2, 0.25) is 0 Å². The molecule has 0 aromatic rings. The Morgan fingerprint density at radius 3 is 1.33 bits per heavy atom. The molecular weight excluding hydrogens is 272 g/mol. The summed E-state index contributed by atoms with van der Waals surface area (Å²) in [5.74, 6) is -0.675. The third-order valence-corrected chi connectivity index (χ3v) is 2.59. The minimum atomic E-state index is -0.469. The Bertz CT molecular complexity index is 251. The molecular formula is C12H22O4S2. The van der Waals surface area contributed by atoms with Gasteiger partial charge in [0.25, 0.3) is 0 Å². The average molecular weight is 294 g/mol. The van der Waals surface area contributed by atoms with Crippen molar-refractivity contribution in [1.29, 1.82) is 0 Å². The highest BCUT2D eigenvalue weighted by Gasteiger charge is 2.21. The summed E-state index contributed by atoms with van der Waals surface area (Å²) in [7, 11) is 0. The van der Waals surface area contributed by atoms with Crippen LogP contribution in [0.3, 0.4) is 0 Å². The highest BCUT2D eigenvalue weighted by molar-refractivity contribution is 7.81. The minimum absolute atomic E-state index is 0.0485. The van der Waals surface area contributed by atoms with Gasteiger partial charge in [-0.05, 0) is 13.8 Å². The first-order chi connectivity index (χ1) is 8.22. The fourth-order valence-electron chi connectivity index (χ4n) is 1.18. The SMILES string of the molecule is CC(S)CC(=O)OC(C)C(C)OC(=O)CC(C)S. The number of rotatable bonds is 7. The molecule has 4 unspecified atom stereocenters. The van der Waals surface area contributed by atoms with Crippen molar-refractivity contribution in [2.75, 3.05) is 0 Å². The van der Waals surface area contributed by atoms with Gasteiger partial charge in [0.1, 0.15) is 12.2 Å². The third kappa shape index (κ3) is 8.69. The molecule has 0 aliphatic heterocycles. The molecule has 6 heteroatoms. The molecule has 4 atom stereocenters.